The van der Waals surface area contributed by atoms with E-state index in [9.17, 15) is 14.0 Å². The molecule has 0 bridgehead atoms. The van der Waals surface area contributed by atoms with Crippen molar-refractivity contribution in [2.75, 3.05) is 5.32 Å². The summed E-state index contributed by atoms with van der Waals surface area (Å²) >= 11 is 0. The van der Waals surface area contributed by atoms with Gasteiger partial charge in [0.1, 0.15) is 5.82 Å². The highest BCUT2D eigenvalue weighted by Gasteiger charge is 2.09. The molecule has 0 saturated carbocycles. The van der Waals surface area contributed by atoms with Crippen LogP contribution in [-0.2, 0) is 0 Å². The summed E-state index contributed by atoms with van der Waals surface area (Å²) in [6.07, 6.45) is 1.38. The van der Waals surface area contributed by atoms with E-state index in [1.165, 1.54) is 30.5 Å². The fourth-order valence-corrected chi connectivity index (χ4v) is 1.52. The number of anilines is 1. The van der Waals surface area contributed by atoms with Gasteiger partial charge in [0.05, 0.1) is 0 Å². The molecule has 1 amide bonds. The van der Waals surface area contributed by atoms with E-state index in [0.29, 0.717) is 11.3 Å². The van der Waals surface area contributed by atoms with Crippen LogP contribution in [0.5, 0.6) is 0 Å². The lowest BCUT2D eigenvalue weighted by molar-refractivity contribution is 0.102. The lowest BCUT2D eigenvalue weighted by Crippen LogP contribution is -2.16. The van der Waals surface area contributed by atoms with Crippen LogP contribution in [0, 0.1) is 12.7 Å². The summed E-state index contributed by atoms with van der Waals surface area (Å²) < 4.78 is 13.3. The normalized spacial score (nSPS) is 10.1. The number of halogens is 1. The van der Waals surface area contributed by atoms with Crippen LogP contribution >= 0.6 is 0 Å². The van der Waals surface area contributed by atoms with Crippen molar-refractivity contribution < 1.29 is 9.18 Å². The van der Waals surface area contributed by atoms with Gasteiger partial charge in [-0.3, -0.25) is 9.59 Å². The summed E-state index contributed by atoms with van der Waals surface area (Å²) in [5, 5.41) is 2.56. The van der Waals surface area contributed by atoms with Gasteiger partial charge in [0.15, 0.2) is 0 Å². The minimum Gasteiger partial charge on any atom is -0.329 e. The molecular formula is C13H11FN2O2. The molecule has 1 aromatic carbocycles. The van der Waals surface area contributed by atoms with Gasteiger partial charge in [0, 0.05) is 29.1 Å². The molecule has 1 heterocycles. The zero-order chi connectivity index (χ0) is 13.1. The zero-order valence-electron chi connectivity index (χ0n) is 9.66. The van der Waals surface area contributed by atoms with E-state index in [0.717, 1.165) is 0 Å². The summed E-state index contributed by atoms with van der Waals surface area (Å²) in [7, 11) is 0. The van der Waals surface area contributed by atoms with E-state index in [1.807, 2.05) is 0 Å². The Morgan fingerprint density at radius 1 is 1.33 bits per heavy atom. The van der Waals surface area contributed by atoms with Gasteiger partial charge in [-0.25, -0.2) is 4.39 Å². The van der Waals surface area contributed by atoms with Crippen molar-refractivity contribution in [2.45, 2.75) is 6.92 Å². The SMILES string of the molecule is Cc1c(F)cccc1NC(=O)c1cc[nH]c(=O)c1. The minimum atomic E-state index is -0.449. The average molecular weight is 246 g/mol. The Kier molecular flexibility index (Phi) is 3.23. The number of H-pyrrole nitrogens is 1. The van der Waals surface area contributed by atoms with E-state index >= 15 is 0 Å². The zero-order valence-corrected chi connectivity index (χ0v) is 9.66. The molecule has 0 radical (unpaired) electrons. The lowest BCUT2D eigenvalue weighted by atomic mass is 10.1. The molecule has 0 aliphatic rings. The predicted octanol–water partition coefficient (Wildman–Crippen LogP) is 2.07. The number of carbonyl (C=O) groups is 1. The fraction of sp³-hybridized carbons (Fsp3) is 0.0769. The highest BCUT2D eigenvalue weighted by atomic mass is 19.1. The molecule has 2 N–H and O–H groups in total. The third kappa shape index (κ3) is 2.45. The molecule has 0 spiro atoms. The van der Waals surface area contributed by atoms with Crippen LogP contribution in [-0.4, -0.2) is 10.9 Å². The molecule has 92 valence electrons. The van der Waals surface area contributed by atoms with Crippen LogP contribution in [0.15, 0.2) is 41.3 Å². The van der Waals surface area contributed by atoms with E-state index in [1.54, 1.807) is 13.0 Å². The molecule has 0 fully saturated rings. The number of pyridine rings is 1. The second-order valence-electron chi connectivity index (χ2n) is 3.81. The minimum absolute atomic E-state index is 0.224. The second-order valence-corrected chi connectivity index (χ2v) is 3.81. The monoisotopic (exact) mass is 246 g/mol. The lowest BCUT2D eigenvalue weighted by Gasteiger charge is -2.08. The van der Waals surface area contributed by atoms with Crippen molar-refractivity contribution in [1.82, 2.24) is 4.98 Å². The summed E-state index contributed by atoms with van der Waals surface area (Å²) in [6.45, 7) is 1.57. The van der Waals surface area contributed by atoms with Crippen molar-refractivity contribution in [2.24, 2.45) is 0 Å². The third-order valence-corrected chi connectivity index (χ3v) is 2.55. The molecule has 0 aliphatic carbocycles. The maximum absolute atomic E-state index is 13.3. The Hall–Kier alpha value is -2.43. The summed E-state index contributed by atoms with van der Waals surface area (Å²) in [4.78, 5) is 25.3. The highest BCUT2D eigenvalue weighted by molar-refractivity contribution is 6.04. The first-order valence-electron chi connectivity index (χ1n) is 5.33. The largest absolute Gasteiger partial charge is 0.329 e. The van der Waals surface area contributed by atoms with Crippen molar-refractivity contribution >= 4 is 11.6 Å². The van der Waals surface area contributed by atoms with Gasteiger partial charge in [-0.05, 0) is 25.1 Å². The molecule has 0 aliphatic heterocycles. The molecule has 2 rings (SSSR count). The Bertz CT molecular complexity index is 649. The van der Waals surface area contributed by atoms with Crippen LogP contribution in [0.2, 0.25) is 0 Å². The quantitative estimate of drug-likeness (QED) is 0.852. The number of rotatable bonds is 2. The number of nitrogens with one attached hydrogen (secondary N) is 2. The van der Waals surface area contributed by atoms with Gasteiger partial charge in [-0.15, -0.1) is 0 Å². The molecule has 0 unspecified atom stereocenters. The number of benzene rings is 1. The summed E-state index contributed by atoms with van der Waals surface area (Å²) in [5.41, 5.74) is 0.608. The third-order valence-electron chi connectivity index (χ3n) is 2.55. The van der Waals surface area contributed by atoms with Gasteiger partial charge in [0.25, 0.3) is 5.91 Å². The number of hydrogen-bond acceptors (Lipinski definition) is 2. The van der Waals surface area contributed by atoms with Gasteiger partial charge in [0.2, 0.25) is 5.56 Å². The predicted molar refractivity (Wildman–Crippen MR) is 66.2 cm³/mol. The summed E-state index contributed by atoms with van der Waals surface area (Å²) in [5.74, 6) is -0.839. The van der Waals surface area contributed by atoms with Crippen molar-refractivity contribution in [3.63, 3.8) is 0 Å². The van der Waals surface area contributed by atoms with Crippen molar-refractivity contribution in [3.8, 4) is 0 Å². The van der Waals surface area contributed by atoms with Crippen LogP contribution in [0.25, 0.3) is 0 Å². The molecule has 0 saturated heterocycles. The molecule has 2 aromatic rings. The van der Waals surface area contributed by atoms with E-state index in [-0.39, 0.29) is 11.1 Å². The van der Waals surface area contributed by atoms with Gasteiger partial charge >= 0.3 is 0 Å². The topological polar surface area (TPSA) is 62.0 Å². The van der Waals surface area contributed by atoms with Crippen LogP contribution < -0.4 is 10.9 Å². The maximum Gasteiger partial charge on any atom is 0.255 e. The van der Waals surface area contributed by atoms with E-state index in [4.69, 9.17) is 0 Å². The van der Waals surface area contributed by atoms with Gasteiger partial charge in [-0.1, -0.05) is 6.07 Å². The molecule has 18 heavy (non-hydrogen) atoms. The molecule has 0 atom stereocenters. The number of carbonyl (C=O) groups excluding carboxylic acids is 1. The standard InChI is InChI=1S/C13H11FN2O2/c1-8-10(14)3-2-4-11(8)16-13(18)9-5-6-15-12(17)7-9/h2-7H,1H3,(H,15,17)(H,16,18). The number of aromatic amines is 1. The fourth-order valence-electron chi connectivity index (χ4n) is 1.52. The number of hydrogen-bond donors (Lipinski definition) is 2. The molecule has 1 aromatic heterocycles. The van der Waals surface area contributed by atoms with E-state index in [2.05, 4.69) is 10.3 Å². The first-order chi connectivity index (χ1) is 8.58. The maximum atomic E-state index is 13.3. The number of aromatic nitrogens is 1. The molecule has 5 heteroatoms. The summed E-state index contributed by atoms with van der Waals surface area (Å²) in [6, 6.07) is 7.09. The van der Waals surface area contributed by atoms with Gasteiger partial charge < -0.3 is 10.3 Å². The van der Waals surface area contributed by atoms with Crippen LogP contribution in [0.1, 0.15) is 15.9 Å². The van der Waals surface area contributed by atoms with Gasteiger partial charge in [-0.2, -0.15) is 0 Å². The molecule has 4 nitrogen and oxygen atoms in total. The molecular weight excluding hydrogens is 235 g/mol. The van der Waals surface area contributed by atoms with E-state index < -0.39 is 11.7 Å². The Morgan fingerprint density at radius 3 is 2.83 bits per heavy atom. The van der Waals surface area contributed by atoms with Crippen LogP contribution in [0.4, 0.5) is 10.1 Å². The first kappa shape index (κ1) is 12.0. The Balaban J connectivity index is 2.27. The average Bonchev–Trinajstić information content (AvgIpc) is 2.35. The first-order valence-corrected chi connectivity index (χ1v) is 5.33. The number of amides is 1. The van der Waals surface area contributed by atoms with Crippen molar-refractivity contribution in [1.29, 1.82) is 0 Å². The highest BCUT2D eigenvalue weighted by Crippen LogP contribution is 2.17. The Labute approximate surface area is 102 Å². The Morgan fingerprint density at radius 2 is 2.11 bits per heavy atom. The second kappa shape index (κ2) is 4.83. The smallest absolute Gasteiger partial charge is 0.255 e. The van der Waals surface area contributed by atoms with Crippen molar-refractivity contribution in [3.05, 3.63) is 63.8 Å². The van der Waals surface area contributed by atoms with Crippen LogP contribution in [0.3, 0.4) is 0 Å².